The topological polar surface area (TPSA) is 35.2 Å². The normalized spacial score (nSPS) is 12.3. The second kappa shape index (κ2) is 5.76. The lowest BCUT2D eigenvalue weighted by molar-refractivity contribution is 0.475. The fraction of sp³-hybridized carbons (Fsp3) is 0.250. The molecule has 0 aliphatic rings. The Morgan fingerprint density at radius 2 is 1.79 bits per heavy atom. The van der Waals surface area contributed by atoms with Gasteiger partial charge in [0.05, 0.1) is 4.47 Å². The Bertz CT molecular complexity index is 593. The van der Waals surface area contributed by atoms with Gasteiger partial charge in [0.25, 0.3) is 0 Å². The highest BCUT2D eigenvalue weighted by Crippen LogP contribution is 2.33. The third kappa shape index (κ3) is 3.37. The van der Waals surface area contributed by atoms with Gasteiger partial charge in [-0.2, -0.15) is 0 Å². The van der Waals surface area contributed by atoms with E-state index in [2.05, 4.69) is 35.0 Å². The molecule has 0 heterocycles. The Morgan fingerprint density at radius 3 is 2.42 bits per heavy atom. The van der Waals surface area contributed by atoms with Crippen LogP contribution < -0.4 is 10.5 Å². The van der Waals surface area contributed by atoms with Gasteiger partial charge in [-0.15, -0.1) is 0 Å². The van der Waals surface area contributed by atoms with E-state index in [0.29, 0.717) is 0 Å². The highest BCUT2D eigenvalue weighted by Gasteiger charge is 2.08. The zero-order valence-electron chi connectivity index (χ0n) is 11.4. The lowest BCUT2D eigenvalue weighted by Crippen LogP contribution is -2.04. The number of benzene rings is 2. The van der Waals surface area contributed by atoms with Gasteiger partial charge < -0.3 is 10.5 Å². The summed E-state index contributed by atoms with van der Waals surface area (Å²) in [5.74, 6) is 1.69. The van der Waals surface area contributed by atoms with Crippen molar-refractivity contribution in [2.24, 2.45) is 5.73 Å². The van der Waals surface area contributed by atoms with Crippen molar-refractivity contribution in [3.63, 3.8) is 0 Å². The van der Waals surface area contributed by atoms with Crippen LogP contribution in [0.4, 0.5) is 0 Å². The van der Waals surface area contributed by atoms with E-state index in [0.717, 1.165) is 27.1 Å². The number of hydrogen-bond acceptors (Lipinski definition) is 2. The van der Waals surface area contributed by atoms with Gasteiger partial charge in [0.1, 0.15) is 11.5 Å². The van der Waals surface area contributed by atoms with Crippen LogP contribution in [0.3, 0.4) is 0 Å². The van der Waals surface area contributed by atoms with Crippen molar-refractivity contribution >= 4 is 15.9 Å². The lowest BCUT2D eigenvalue weighted by atomic mass is 10.1. The molecule has 0 aliphatic heterocycles. The van der Waals surface area contributed by atoms with E-state index in [-0.39, 0.29) is 6.04 Å². The standard InChI is InChI=1S/C16H18BrNO/c1-10-4-5-11(2)16(8-10)19-15-7-6-13(12(3)18)9-14(15)17/h4-9,12H,18H2,1-3H3/t12-/m1/s1. The van der Waals surface area contributed by atoms with Gasteiger partial charge in [-0.05, 0) is 71.6 Å². The van der Waals surface area contributed by atoms with Crippen LogP contribution in [0.5, 0.6) is 11.5 Å². The zero-order chi connectivity index (χ0) is 14.0. The second-order valence-electron chi connectivity index (χ2n) is 4.85. The van der Waals surface area contributed by atoms with E-state index in [1.165, 1.54) is 5.56 Å². The summed E-state index contributed by atoms with van der Waals surface area (Å²) in [7, 11) is 0. The number of hydrogen-bond donors (Lipinski definition) is 1. The van der Waals surface area contributed by atoms with Crippen LogP contribution >= 0.6 is 15.9 Å². The molecule has 100 valence electrons. The minimum atomic E-state index is 0.0195. The van der Waals surface area contributed by atoms with Gasteiger partial charge in [-0.1, -0.05) is 18.2 Å². The summed E-state index contributed by atoms with van der Waals surface area (Å²) in [6.07, 6.45) is 0. The Morgan fingerprint density at radius 1 is 1.05 bits per heavy atom. The van der Waals surface area contributed by atoms with Crippen molar-refractivity contribution in [3.8, 4) is 11.5 Å². The average molecular weight is 320 g/mol. The molecule has 0 bridgehead atoms. The summed E-state index contributed by atoms with van der Waals surface area (Å²) in [6.45, 7) is 6.06. The van der Waals surface area contributed by atoms with Gasteiger partial charge >= 0.3 is 0 Å². The van der Waals surface area contributed by atoms with E-state index >= 15 is 0 Å². The molecular formula is C16H18BrNO. The molecule has 0 saturated carbocycles. The smallest absolute Gasteiger partial charge is 0.141 e. The number of aryl methyl sites for hydroxylation is 2. The maximum atomic E-state index is 5.97. The molecule has 1 atom stereocenters. The second-order valence-corrected chi connectivity index (χ2v) is 5.70. The van der Waals surface area contributed by atoms with Gasteiger partial charge in [-0.25, -0.2) is 0 Å². The number of ether oxygens (including phenoxy) is 1. The molecule has 0 fully saturated rings. The van der Waals surface area contributed by atoms with Crippen LogP contribution in [-0.4, -0.2) is 0 Å². The van der Waals surface area contributed by atoms with Gasteiger partial charge in [0.15, 0.2) is 0 Å². The Hall–Kier alpha value is -1.32. The molecule has 2 nitrogen and oxygen atoms in total. The first-order valence-electron chi connectivity index (χ1n) is 6.27. The van der Waals surface area contributed by atoms with Gasteiger partial charge in [0, 0.05) is 6.04 Å². The summed E-state index contributed by atoms with van der Waals surface area (Å²) < 4.78 is 6.89. The number of nitrogens with two attached hydrogens (primary N) is 1. The molecule has 0 unspecified atom stereocenters. The van der Waals surface area contributed by atoms with E-state index in [1.54, 1.807) is 0 Å². The minimum Gasteiger partial charge on any atom is -0.456 e. The summed E-state index contributed by atoms with van der Waals surface area (Å²) in [5.41, 5.74) is 9.25. The van der Waals surface area contributed by atoms with Crippen molar-refractivity contribution in [3.05, 3.63) is 57.6 Å². The van der Waals surface area contributed by atoms with E-state index in [1.807, 2.05) is 38.1 Å². The molecule has 2 aromatic carbocycles. The molecule has 0 aromatic heterocycles. The first-order chi connectivity index (χ1) is 8.97. The van der Waals surface area contributed by atoms with Gasteiger partial charge in [0.2, 0.25) is 0 Å². The van der Waals surface area contributed by atoms with Crippen LogP contribution in [0.15, 0.2) is 40.9 Å². The molecule has 3 heteroatoms. The Balaban J connectivity index is 2.31. The van der Waals surface area contributed by atoms with Crippen LogP contribution in [0.1, 0.15) is 29.7 Å². The van der Waals surface area contributed by atoms with Crippen LogP contribution in [0.25, 0.3) is 0 Å². The number of halogens is 1. The van der Waals surface area contributed by atoms with Crippen molar-refractivity contribution in [1.82, 2.24) is 0 Å². The SMILES string of the molecule is Cc1ccc(C)c(Oc2ccc([C@@H](C)N)cc2Br)c1. The molecule has 19 heavy (non-hydrogen) atoms. The predicted octanol–water partition coefficient (Wildman–Crippen LogP) is 4.88. The van der Waals surface area contributed by atoms with Crippen LogP contribution in [0, 0.1) is 13.8 Å². The first kappa shape index (κ1) is 14.1. The van der Waals surface area contributed by atoms with E-state index < -0.39 is 0 Å². The minimum absolute atomic E-state index is 0.0195. The highest BCUT2D eigenvalue weighted by atomic mass is 79.9. The van der Waals surface area contributed by atoms with Crippen LogP contribution in [-0.2, 0) is 0 Å². The molecule has 2 N–H and O–H groups in total. The van der Waals surface area contributed by atoms with Crippen molar-refractivity contribution in [2.75, 3.05) is 0 Å². The Kier molecular flexibility index (Phi) is 4.27. The summed E-state index contributed by atoms with van der Waals surface area (Å²) in [6, 6.07) is 12.2. The molecular weight excluding hydrogens is 302 g/mol. The quantitative estimate of drug-likeness (QED) is 0.875. The highest BCUT2D eigenvalue weighted by molar-refractivity contribution is 9.10. The maximum Gasteiger partial charge on any atom is 0.141 e. The summed E-state index contributed by atoms with van der Waals surface area (Å²) in [4.78, 5) is 0. The number of rotatable bonds is 3. The molecule has 2 aromatic rings. The molecule has 0 amide bonds. The third-order valence-electron chi connectivity index (χ3n) is 3.05. The third-order valence-corrected chi connectivity index (χ3v) is 3.66. The van der Waals surface area contributed by atoms with E-state index in [4.69, 9.17) is 10.5 Å². The fourth-order valence-electron chi connectivity index (χ4n) is 1.82. The first-order valence-corrected chi connectivity index (χ1v) is 7.07. The molecule has 0 radical (unpaired) electrons. The average Bonchev–Trinajstić information content (AvgIpc) is 2.36. The summed E-state index contributed by atoms with van der Waals surface area (Å²) in [5, 5.41) is 0. The molecule has 0 spiro atoms. The molecule has 0 saturated heterocycles. The van der Waals surface area contributed by atoms with Crippen molar-refractivity contribution < 1.29 is 4.74 Å². The van der Waals surface area contributed by atoms with Crippen LogP contribution in [0.2, 0.25) is 0 Å². The van der Waals surface area contributed by atoms with Crippen molar-refractivity contribution in [2.45, 2.75) is 26.8 Å². The predicted molar refractivity (Wildman–Crippen MR) is 82.7 cm³/mol. The molecule has 0 aliphatic carbocycles. The van der Waals surface area contributed by atoms with Gasteiger partial charge in [-0.3, -0.25) is 0 Å². The lowest BCUT2D eigenvalue weighted by Gasteiger charge is -2.13. The molecule has 2 rings (SSSR count). The van der Waals surface area contributed by atoms with E-state index in [9.17, 15) is 0 Å². The monoisotopic (exact) mass is 319 g/mol. The fourth-order valence-corrected chi connectivity index (χ4v) is 2.30. The Labute approximate surface area is 122 Å². The van der Waals surface area contributed by atoms with Crippen molar-refractivity contribution in [1.29, 1.82) is 0 Å². The maximum absolute atomic E-state index is 5.97. The zero-order valence-corrected chi connectivity index (χ0v) is 13.0. The largest absolute Gasteiger partial charge is 0.456 e. The summed E-state index contributed by atoms with van der Waals surface area (Å²) >= 11 is 3.54.